The molecule has 0 heterocycles. The van der Waals surface area contributed by atoms with Gasteiger partial charge in [0.2, 0.25) is 5.91 Å². The Morgan fingerprint density at radius 2 is 1.50 bits per heavy atom. The van der Waals surface area contributed by atoms with Crippen molar-refractivity contribution < 1.29 is 46.6 Å². The minimum Gasteiger partial charge on any atom is -0.468 e. The molecule has 2 atom stereocenters. The molecule has 166 valence electrons. The first kappa shape index (κ1) is 24.9. The molecule has 30 heavy (non-hydrogen) atoms. The molecule has 0 aliphatic rings. The molecule has 1 rings (SSSR count). The van der Waals surface area contributed by atoms with E-state index in [2.05, 4.69) is 19.5 Å². The van der Waals surface area contributed by atoms with Crippen molar-refractivity contribution in [3.63, 3.8) is 0 Å². The highest BCUT2D eigenvalue weighted by Crippen LogP contribution is 2.29. The van der Waals surface area contributed by atoms with Crippen molar-refractivity contribution >= 4 is 23.8 Å². The van der Waals surface area contributed by atoms with Gasteiger partial charge >= 0.3 is 24.1 Å². The first-order valence-corrected chi connectivity index (χ1v) is 8.65. The zero-order valence-electron chi connectivity index (χ0n) is 16.7. The Balaban J connectivity index is 3.07. The topological polar surface area (TPSA) is 108 Å². The van der Waals surface area contributed by atoms with Crippen LogP contribution in [0.4, 0.5) is 13.2 Å². The van der Waals surface area contributed by atoms with Crippen molar-refractivity contribution in [3.05, 3.63) is 35.4 Å². The molecular weight excluding hydrogens is 411 g/mol. The van der Waals surface area contributed by atoms with Crippen LogP contribution in [0.3, 0.4) is 0 Å². The summed E-state index contributed by atoms with van der Waals surface area (Å²) >= 11 is 0. The summed E-state index contributed by atoms with van der Waals surface area (Å²) in [5, 5.41) is 2.30. The van der Waals surface area contributed by atoms with Crippen LogP contribution >= 0.6 is 0 Å². The number of hydrogen-bond donors (Lipinski definition) is 1. The van der Waals surface area contributed by atoms with Gasteiger partial charge < -0.3 is 19.5 Å². The van der Waals surface area contributed by atoms with Gasteiger partial charge in [-0.05, 0) is 11.6 Å². The maximum Gasteiger partial charge on any atom is 0.416 e. The lowest BCUT2D eigenvalue weighted by Crippen LogP contribution is -2.51. The van der Waals surface area contributed by atoms with Crippen LogP contribution in [-0.4, -0.2) is 51.2 Å². The molecule has 1 aromatic rings. The number of esters is 3. The number of methoxy groups -OCH3 is 3. The zero-order valence-corrected chi connectivity index (χ0v) is 16.7. The quantitative estimate of drug-likeness (QED) is 0.376. The minimum atomic E-state index is -4.58. The number of ether oxygens (including phenoxy) is 3. The summed E-state index contributed by atoms with van der Waals surface area (Å²) in [7, 11) is 3.10. The number of hydrogen-bond acceptors (Lipinski definition) is 7. The number of carbonyl (C=O) groups is 4. The van der Waals surface area contributed by atoms with E-state index in [9.17, 15) is 32.3 Å². The van der Waals surface area contributed by atoms with E-state index in [0.717, 1.165) is 39.5 Å². The van der Waals surface area contributed by atoms with Gasteiger partial charge in [-0.15, -0.1) is 0 Å². The van der Waals surface area contributed by atoms with Gasteiger partial charge in [0, 0.05) is 5.92 Å². The molecule has 0 spiro atoms. The van der Waals surface area contributed by atoms with Crippen LogP contribution in [0.25, 0.3) is 0 Å². The Morgan fingerprint density at radius 1 is 0.967 bits per heavy atom. The van der Waals surface area contributed by atoms with Gasteiger partial charge in [-0.25, -0.2) is 4.79 Å². The Bertz CT molecular complexity index is 779. The molecular formula is C19H22F3NO7. The summed E-state index contributed by atoms with van der Waals surface area (Å²) < 4.78 is 52.2. The van der Waals surface area contributed by atoms with Gasteiger partial charge in [-0.2, -0.15) is 13.2 Å². The summed E-state index contributed by atoms with van der Waals surface area (Å²) in [5.41, 5.74) is -0.877. The molecule has 1 N–H and O–H groups in total. The molecule has 0 aromatic heterocycles. The average Bonchev–Trinajstić information content (AvgIpc) is 2.70. The van der Waals surface area contributed by atoms with Crippen molar-refractivity contribution in [2.24, 2.45) is 11.8 Å². The second-order valence-electron chi connectivity index (χ2n) is 6.33. The van der Waals surface area contributed by atoms with Gasteiger partial charge in [-0.3, -0.25) is 14.4 Å². The van der Waals surface area contributed by atoms with E-state index in [1.54, 1.807) is 0 Å². The molecule has 0 radical (unpaired) electrons. The molecule has 0 saturated heterocycles. The Morgan fingerprint density at radius 3 is 1.97 bits per heavy atom. The Hall–Kier alpha value is -3.11. The molecule has 1 aromatic carbocycles. The third-order valence-corrected chi connectivity index (χ3v) is 4.35. The Labute approximate surface area is 170 Å². The summed E-state index contributed by atoms with van der Waals surface area (Å²) in [5.74, 6) is -6.44. The van der Waals surface area contributed by atoms with Gasteiger partial charge in [0.25, 0.3) is 0 Å². The molecule has 0 aliphatic carbocycles. The van der Waals surface area contributed by atoms with E-state index < -0.39 is 59.9 Å². The Kier molecular flexibility index (Phi) is 8.81. The van der Waals surface area contributed by atoms with Crippen molar-refractivity contribution in [2.75, 3.05) is 21.3 Å². The monoisotopic (exact) mass is 433 g/mol. The van der Waals surface area contributed by atoms with Crippen LogP contribution in [-0.2, 0) is 46.0 Å². The largest absolute Gasteiger partial charge is 0.468 e. The number of alkyl halides is 3. The fourth-order valence-electron chi connectivity index (χ4n) is 2.77. The van der Waals surface area contributed by atoms with Gasteiger partial charge in [0.15, 0.2) is 5.92 Å². The molecule has 0 unspecified atom stereocenters. The van der Waals surface area contributed by atoms with E-state index in [1.165, 1.54) is 13.0 Å². The molecule has 0 saturated carbocycles. The zero-order chi connectivity index (χ0) is 23.1. The number of carbonyl (C=O) groups excluding carboxylic acids is 4. The number of amides is 1. The van der Waals surface area contributed by atoms with Crippen LogP contribution in [0.2, 0.25) is 0 Å². The lowest BCUT2D eigenvalue weighted by atomic mass is 9.87. The maximum absolute atomic E-state index is 12.8. The van der Waals surface area contributed by atoms with E-state index in [1.807, 2.05) is 0 Å². The normalized spacial score (nSPS) is 13.2. The maximum atomic E-state index is 12.8. The average molecular weight is 433 g/mol. The van der Waals surface area contributed by atoms with Crippen molar-refractivity contribution in [1.82, 2.24) is 5.32 Å². The highest BCUT2D eigenvalue weighted by atomic mass is 19.4. The highest BCUT2D eigenvalue weighted by Gasteiger charge is 2.42. The van der Waals surface area contributed by atoms with Crippen molar-refractivity contribution in [2.45, 2.75) is 25.6 Å². The molecule has 0 fully saturated rings. The van der Waals surface area contributed by atoms with Crippen molar-refractivity contribution in [3.8, 4) is 0 Å². The van der Waals surface area contributed by atoms with Crippen LogP contribution in [0.15, 0.2) is 24.3 Å². The van der Waals surface area contributed by atoms with E-state index >= 15 is 0 Å². The fraction of sp³-hybridized carbons (Fsp3) is 0.474. The molecule has 0 bridgehead atoms. The first-order valence-electron chi connectivity index (χ1n) is 8.65. The predicted octanol–water partition coefficient (Wildman–Crippen LogP) is 1.50. The standard InChI is InChI=1S/C19H22F3NO7/c1-10(14(16(25)28-2)17(26)29-3)15(18(27)30-4)23-13(24)9-11-6-5-7-12(8-11)19(20,21)22/h5-8,10,14-15H,9H2,1-4H3,(H,23,24)/t10-,15-/m0/s1. The molecule has 11 heteroatoms. The minimum absolute atomic E-state index is 0.0519. The second-order valence-corrected chi connectivity index (χ2v) is 6.33. The van der Waals surface area contributed by atoms with Crippen LogP contribution in [0, 0.1) is 11.8 Å². The van der Waals surface area contributed by atoms with E-state index in [-0.39, 0.29) is 5.56 Å². The number of rotatable bonds is 8. The first-order chi connectivity index (χ1) is 14.0. The fourth-order valence-corrected chi connectivity index (χ4v) is 2.77. The number of nitrogens with one attached hydrogen (secondary N) is 1. The molecule has 0 aliphatic heterocycles. The summed E-state index contributed by atoms with van der Waals surface area (Å²) in [4.78, 5) is 48.5. The summed E-state index contributed by atoms with van der Waals surface area (Å²) in [6.07, 6.45) is -5.06. The van der Waals surface area contributed by atoms with Gasteiger partial charge in [-0.1, -0.05) is 25.1 Å². The lowest BCUT2D eigenvalue weighted by Gasteiger charge is -2.27. The van der Waals surface area contributed by atoms with Crippen LogP contribution < -0.4 is 5.32 Å². The molecule has 8 nitrogen and oxygen atoms in total. The van der Waals surface area contributed by atoms with Gasteiger partial charge in [0.05, 0.1) is 33.3 Å². The smallest absolute Gasteiger partial charge is 0.416 e. The van der Waals surface area contributed by atoms with Gasteiger partial charge in [0.1, 0.15) is 6.04 Å². The predicted molar refractivity (Wildman–Crippen MR) is 95.8 cm³/mol. The highest BCUT2D eigenvalue weighted by molar-refractivity contribution is 5.96. The number of halogens is 3. The third-order valence-electron chi connectivity index (χ3n) is 4.35. The van der Waals surface area contributed by atoms with Crippen molar-refractivity contribution in [1.29, 1.82) is 0 Å². The second kappa shape index (κ2) is 10.6. The third kappa shape index (κ3) is 6.46. The summed E-state index contributed by atoms with van der Waals surface area (Å²) in [6.45, 7) is 1.32. The van der Waals surface area contributed by atoms with Crippen LogP contribution in [0.1, 0.15) is 18.1 Å². The summed E-state index contributed by atoms with van der Waals surface area (Å²) in [6, 6.07) is 2.67. The molecule has 1 amide bonds. The number of benzene rings is 1. The van der Waals surface area contributed by atoms with E-state index in [4.69, 9.17) is 0 Å². The van der Waals surface area contributed by atoms with E-state index in [0.29, 0.717) is 0 Å². The lowest BCUT2D eigenvalue weighted by molar-refractivity contribution is -0.163. The SMILES string of the molecule is COC(=O)C(C(=O)OC)[C@H](C)[C@H](NC(=O)Cc1cccc(C(F)(F)F)c1)C(=O)OC. The van der Waals surface area contributed by atoms with Crippen LogP contribution in [0.5, 0.6) is 0 Å².